The summed E-state index contributed by atoms with van der Waals surface area (Å²) in [7, 11) is 0. The van der Waals surface area contributed by atoms with Gasteiger partial charge in [0.1, 0.15) is 11.4 Å². The lowest BCUT2D eigenvalue weighted by Gasteiger charge is -2.42. The predicted molar refractivity (Wildman–Crippen MR) is 59.4 cm³/mol. The molecule has 7 heteroatoms. The van der Waals surface area contributed by atoms with Crippen molar-refractivity contribution in [1.29, 1.82) is 5.41 Å². The monoisotopic (exact) mass is 263 g/mol. The number of halogens is 3. The van der Waals surface area contributed by atoms with E-state index >= 15 is 0 Å². The average Bonchev–Trinajstić information content (AvgIpc) is 2.49. The van der Waals surface area contributed by atoms with E-state index in [-0.39, 0.29) is 18.7 Å². The molecule has 1 saturated carbocycles. The van der Waals surface area contributed by atoms with Gasteiger partial charge in [0.15, 0.2) is 0 Å². The Morgan fingerprint density at radius 3 is 2.78 bits per heavy atom. The van der Waals surface area contributed by atoms with Gasteiger partial charge in [0, 0.05) is 6.54 Å². The molecule has 0 bridgehead atoms. The van der Waals surface area contributed by atoms with Crippen LogP contribution in [-0.2, 0) is 0 Å². The topological polar surface area (TPSA) is 56.2 Å². The molecule has 0 aromatic heterocycles. The molecule has 2 atom stereocenters. The van der Waals surface area contributed by atoms with E-state index in [4.69, 9.17) is 5.41 Å². The Bertz CT molecular complexity index is 382. The van der Waals surface area contributed by atoms with Gasteiger partial charge in [-0.3, -0.25) is 10.7 Å². The number of rotatable bonds is 1. The Kier molecular flexibility index (Phi) is 3.03. The van der Waals surface area contributed by atoms with Gasteiger partial charge in [-0.2, -0.15) is 13.2 Å². The minimum absolute atomic E-state index is 0.0803. The largest absolute Gasteiger partial charge is 0.391 e. The summed E-state index contributed by atoms with van der Waals surface area (Å²) in [5.74, 6) is -1.50. The van der Waals surface area contributed by atoms with E-state index in [0.717, 1.165) is 0 Å². The third kappa shape index (κ3) is 1.85. The molecular weight excluding hydrogens is 247 g/mol. The third-order valence-electron chi connectivity index (χ3n) is 3.97. The first kappa shape index (κ1) is 13.2. The zero-order valence-electron chi connectivity index (χ0n) is 10.1. The Morgan fingerprint density at radius 1 is 1.56 bits per heavy atom. The summed E-state index contributed by atoms with van der Waals surface area (Å²) in [5.41, 5.74) is -1.07. The van der Waals surface area contributed by atoms with Crippen molar-refractivity contribution >= 4 is 11.9 Å². The number of carbonyl (C=O) groups excluding carboxylic acids is 1. The second-order valence-electron chi connectivity index (χ2n) is 4.92. The van der Waals surface area contributed by atoms with Gasteiger partial charge in [-0.25, -0.2) is 4.79 Å². The first-order valence-corrected chi connectivity index (χ1v) is 6.05. The summed E-state index contributed by atoms with van der Waals surface area (Å²) in [4.78, 5) is 13.0. The highest BCUT2D eigenvalue weighted by Crippen LogP contribution is 2.45. The van der Waals surface area contributed by atoms with Crippen molar-refractivity contribution in [3.8, 4) is 0 Å². The molecule has 0 radical (unpaired) electrons. The summed E-state index contributed by atoms with van der Waals surface area (Å²) >= 11 is 0. The van der Waals surface area contributed by atoms with E-state index in [9.17, 15) is 18.0 Å². The van der Waals surface area contributed by atoms with E-state index < -0.39 is 23.7 Å². The van der Waals surface area contributed by atoms with Crippen molar-refractivity contribution in [1.82, 2.24) is 10.2 Å². The number of likely N-dealkylation sites (N-methyl/N-ethyl adjacent to an activating group) is 1. The molecule has 1 spiro atoms. The van der Waals surface area contributed by atoms with Crippen molar-refractivity contribution in [2.45, 2.75) is 44.3 Å². The Morgan fingerprint density at radius 2 is 2.22 bits per heavy atom. The normalized spacial score (nSPS) is 33.1. The van der Waals surface area contributed by atoms with E-state index in [1.807, 2.05) is 0 Å². The van der Waals surface area contributed by atoms with Crippen LogP contribution in [0.4, 0.5) is 18.0 Å². The van der Waals surface area contributed by atoms with Crippen molar-refractivity contribution in [2.75, 3.05) is 6.54 Å². The second-order valence-corrected chi connectivity index (χ2v) is 4.92. The van der Waals surface area contributed by atoms with E-state index in [1.54, 1.807) is 6.92 Å². The molecule has 2 N–H and O–H groups in total. The lowest BCUT2D eigenvalue weighted by atomic mass is 9.74. The molecule has 4 nitrogen and oxygen atoms in total. The van der Waals surface area contributed by atoms with E-state index in [1.165, 1.54) is 4.90 Å². The zero-order chi connectivity index (χ0) is 13.6. The van der Waals surface area contributed by atoms with Crippen LogP contribution in [0.3, 0.4) is 0 Å². The van der Waals surface area contributed by atoms with Crippen LogP contribution < -0.4 is 5.32 Å². The maximum atomic E-state index is 12.8. The highest BCUT2D eigenvalue weighted by molar-refractivity contribution is 6.08. The summed E-state index contributed by atoms with van der Waals surface area (Å²) < 4.78 is 38.5. The van der Waals surface area contributed by atoms with Crippen LogP contribution in [0, 0.1) is 11.3 Å². The lowest BCUT2D eigenvalue weighted by Crippen LogP contribution is -2.54. The maximum absolute atomic E-state index is 12.8. The number of amidine groups is 1. The molecule has 1 aliphatic carbocycles. The minimum atomic E-state index is -4.25. The third-order valence-corrected chi connectivity index (χ3v) is 3.97. The Hall–Kier alpha value is -1.27. The first-order valence-electron chi connectivity index (χ1n) is 6.05. The molecule has 1 heterocycles. The molecule has 2 amide bonds. The average molecular weight is 263 g/mol. The van der Waals surface area contributed by atoms with Crippen LogP contribution in [0.15, 0.2) is 0 Å². The van der Waals surface area contributed by atoms with Gasteiger partial charge in [0.05, 0.1) is 5.92 Å². The molecule has 0 aromatic carbocycles. The van der Waals surface area contributed by atoms with E-state index in [2.05, 4.69) is 5.32 Å². The Labute approximate surface area is 103 Å². The van der Waals surface area contributed by atoms with Gasteiger partial charge >= 0.3 is 12.2 Å². The highest BCUT2D eigenvalue weighted by Gasteiger charge is 2.56. The number of alkyl halides is 3. The predicted octanol–water partition coefficient (Wildman–Crippen LogP) is 2.50. The van der Waals surface area contributed by atoms with E-state index in [0.29, 0.717) is 19.4 Å². The standard InChI is InChI=1S/C11H16F3N3O/c1-2-17-9(18)16-8(15)10(17)5-3-4-7(6-10)11(12,13)14/h7H,2-6H2,1H3,(H2,15,16,18). The SMILES string of the molecule is CCN1C(=O)NC(=N)C12CCCC(C(F)(F)F)C2. The molecule has 18 heavy (non-hydrogen) atoms. The fraction of sp³-hybridized carbons (Fsp3) is 0.818. The molecule has 0 aromatic rings. The smallest absolute Gasteiger partial charge is 0.312 e. The molecule has 2 fully saturated rings. The van der Waals surface area contributed by atoms with Crippen LogP contribution in [0.2, 0.25) is 0 Å². The number of carbonyl (C=O) groups is 1. The van der Waals surface area contributed by atoms with Crippen molar-refractivity contribution in [3.63, 3.8) is 0 Å². The fourth-order valence-corrected chi connectivity index (χ4v) is 3.07. The van der Waals surface area contributed by atoms with Gasteiger partial charge in [0.25, 0.3) is 0 Å². The molecule has 2 rings (SSSR count). The molecular formula is C11H16F3N3O. The van der Waals surface area contributed by atoms with Crippen LogP contribution in [0.25, 0.3) is 0 Å². The number of nitrogens with one attached hydrogen (secondary N) is 2. The molecule has 102 valence electrons. The number of hydrogen-bond acceptors (Lipinski definition) is 2. The number of nitrogens with zero attached hydrogens (tertiary/aromatic N) is 1. The number of amides is 2. The quantitative estimate of drug-likeness (QED) is 0.750. The minimum Gasteiger partial charge on any atom is -0.312 e. The molecule has 1 saturated heterocycles. The molecule has 2 aliphatic rings. The summed E-state index contributed by atoms with van der Waals surface area (Å²) in [6.07, 6.45) is -3.53. The fourth-order valence-electron chi connectivity index (χ4n) is 3.07. The van der Waals surface area contributed by atoms with Gasteiger partial charge < -0.3 is 4.90 Å². The number of hydrogen-bond donors (Lipinski definition) is 2. The molecule has 2 unspecified atom stereocenters. The van der Waals surface area contributed by atoms with Gasteiger partial charge in [-0.1, -0.05) is 6.42 Å². The lowest BCUT2D eigenvalue weighted by molar-refractivity contribution is -0.188. The van der Waals surface area contributed by atoms with Crippen molar-refractivity contribution in [2.24, 2.45) is 5.92 Å². The summed E-state index contributed by atoms with van der Waals surface area (Å²) in [5, 5.41) is 10.2. The van der Waals surface area contributed by atoms with Gasteiger partial charge in [-0.05, 0) is 26.2 Å². The van der Waals surface area contributed by atoms with Crippen molar-refractivity contribution in [3.05, 3.63) is 0 Å². The zero-order valence-corrected chi connectivity index (χ0v) is 10.1. The van der Waals surface area contributed by atoms with Crippen LogP contribution in [-0.4, -0.2) is 35.0 Å². The highest BCUT2D eigenvalue weighted by atomic mass is 19.4. The van der Waals surface area contributed by atoms with Gasteiger partial charge in [0.2, 0.25) is 0 Å². The second kappa shape index (κ2) is 4.13. The summed E-state index contributed by atoms with van der Waals surface area (Å²) in [6.45, 7) is 2.04. The van der Waals surface area contributed by atoms with Gasteiger partial charge in [-0.15, -0.1) is 0 Å². The van der Waals surface area contributed by atoms with Crippen molar-refractivity contribution < 1.29 is 18.0 Å². The Balaban J connectivity index is 2.29. The molecule has 1 aliphatic heterocycles. The summed E-state index contributed by atoms with van der Waals surface area (Å²) in [6, 6.07) is -0.453. The number of urea groups is 1. The van der Waals surface area contributed by atoms with Crippen LogP contribution in [0.5, 0.6) is 0 Å². The maximum Gasteiger partial charge on any atom is 0.391 e. The van der Waals surface area contributed by atoms with Crippen LogP contribution >= 0.6 is 0 Å². The van der Waals surface area contributed by atoms with Crippen LogP contribution in [0.1, 0.15) is 32.6 Å². The first-order chi connectivity index (χ1) is 8.31.